The zero-order chi connectivity index (χ0) is 16.8. The topological polar surface area (TPSA) is 89.1 Å². The predicted octanol–water partition coefficient (Wildman–Crippen LogP) is 3.58. The average molecular weight is 359 g/mol. The van der Waals surface area contributed by atoms with Gasteiger partial charge in [0.1, 0.15) is 16.6 Å². The molecular formula is C17H11ClN2O3S. The van der Waals surface area contributed by atoms with E-state index in [1.807, 2.05) is 6.07 Å². The second-order valence-electron chi connectivity index (χ2n) is 5.32. The number of halogens is 1. The van der Waals surface area contributed by atoms with Gasteiger partial charge in [-0.1, -0.05) is 23.7 Å². The molecule has 4 rings (SSSR count). The highest BCUT2D eigenvalue weighted by Gasteiger charge is 2.15. The van der Waals surface area contributed by atoms with Crippen molar-refractivity contribution >= 4 is 44.7 Å². The van der Waals surface area contributed by atoms with Gasteiger partial charge < -0.3 is 9.40 Å². The first-order valence-corrected chi connectivity index (χ1v) is 8.64. The summed E-state index contributed by atoms with van der Waals surface area (Å²) in [6.45, 7) is 0. The SMILES string of the molecule is NS(=O)c1cccc(-c2cc(=O)[nH]c3c2oc2ccc(Cl)cc23)c1. The third-order valence-corrected chi connectivity index (χ3v) is 4.75. The molecule has 0 fully saturated rings. The van der Waals surface area contributed by atoms with Crippen molar-refractivity contribution in [2.24, 2.45) is 5.14 Å². The highest BCUT2D eigenvalue weighted by molar-refractivity contribution is 7.82. The number of hydrogen-bond acceptors (Lipinski definition) is 3. The van der Waals surface area contributed by atoms with Crippen molar-refractivity contribution in [3.63, 3.8) is 0 Å². The number of furan rings is 1. The maximum atomic E-state index is 12.1. The standard InChI is InChI=1S/C17H11ClN2O3S/c18-10-4-5-14-13(7-10)16-17(23-14)12(8-15(21)20-16)9-2-1-3-11(6-9)24(19)22/h1-8H,19H2,(H,20,21). The van der Waals surface area contributed by atoms with Gasteiger partial charge in [-0.3, -0.25) is 4.79 Å². The minimum atomic E-state index is -1.60. The van der Waals surface area contributed by atoms with Crippen LogP contribution < -0.4 is 10.7 Å². The number of nitrogens with two attached hydrogens (primary N) is 1. The Bertz CT molecular complexity index is 1180. The maximum absolute atomic E-state index is 12.1. The second kappa shape index (κ2) is 5.59. The van der Waals surface area contributed by atoms with Gasteiger partial charge in [0.05, 0.1) is 10.4 Å². The van der Waals surface area contributed by atoms with Gasteiger partial charge >= 0.3 is 0 Å². The summed E-state index contributed by atoms with van der Waals surface area (Å²) < 4.78 is 17.4. The third kappa shape index (κ3) is 2.45. The van der Waals surface area contributed by atoms with E-state index in [1.165, 1.54) is 6.07 Å². The molecule has 1 unspecified atom stereocenters. The zero-order valence-corrected chi connectivity index (χ0v) is 13.8. The van der Waals surface area contributed by atoms with E-state index in [-0.39, 0.29) is 5.56 Å². The first-order chi connectivity index (χ1) is 11.5. The van der Waals surface area contributed by atoms with E-state index < -0.39 is 11.0 Å². The van der Waals surface area contributed by atoms with E-state index in [1.54, 1.807) is 36.4 Å². The van der Waals surface area contributed by atoms with E-state index in [2.05, 4.69) is 4.98 Å². The smallest absolute Gasteiger partial charge is 0.249 e. The van der Waals surface area contributed by atoms with Crippen LogP contribution >= 0.6 is 11.6 Å². The number of fused-ring (bicyclic) bond motifs is 3. The van der Waals surface area contributed by atoms with Crippen LogP contribution in [0.1, 0.15) is 0 Å². The first kappa shape index (κ1) is 15.1. The summed E-state index contributed by atoms with van der Waals surface area (Å²) in [6.07, 6.45) is 0. The van der Waals surface area contributed by atoms with Crippen LogP contribution in [0.5, 0.6) is 0 Å². The fraction of sp³-hybridized carbons (Fsp3) is 0. The van der Waals surface area contributed by atoms with Crippen LogP contribution in [0.4, 0.5) is 0 Å². The Morgan fingerprint density at radius 2 is 1.96 bits per heavy atom. The Labute approximate surface area is 143 Å². The summed E-state index contributed by atoms with van der Waals surface area (Å²) in [5, 5.41) is 6.73. The summed E-state index contributed by atoms with van der Waals surface area (Å²) >= 11 is 6.05. The summed E-state index contributed by atoms with van der Waals surface area (Å²) in [6, 6.07) is 13.6. The second-order valence-corrected chi connectivity index (χ2v) is 6.82. The highest BCUT2D eigenvalue weighted by atomic mass is 35.5. The Kier molecular flexibility index (Phi) is 3.53. The fourth-order valence-electron chi connectivity index (χ4n) is 2.74. The highest BCUT2D eigenvalue weighted by Crippen LogP contribution is 2.34. The molecule has 5 nitrogen and oxygen atoms in total. The molecule has 0 bridgehead atoms. The molecule has 0 amide bonds. The lowest BCUT2D eigenvalue weighted by Gasteiger charge is -2.04. The van der Waals surface area contributed by atoms with Crippen molar-refractivity contribution in [3.8, 4) is 11.1 Å². The summed E-state index contributed by atoms with van der Waals surface area (Å²) in [7, 11) is -1.60. The quantitative estimate of drug-likeness (QED) is 0.574. The lowest BCUT2D eigenvalue weighted by Crippen LogP contribution is -2.05. The van der Waals surface area contributed by atoms with Crippen molar-refractivity contribution < 1.29 is 8.63 Å². The van der Waals surface area contributed by atoms with Gasteiger partial charge in [0.25, 0.3) is 0 Å². The third-order valence-electron chi connectivity index (χ3n) is 3.80. The van der Waals surface area contributed by atoms with Crippen LogP contribution in [0.2, 0.25) is 5.02 Å². The lowest BCUT2D eigenvalue weighted by atomic mass is 10.1. The monoisotopic (exact) mass is 358 g/mol. The van der Waals surface area contributed by atoms with Gasteiger partial charge in [0.15, 0.2) is 5.58 Å². The number of hydrogen-bond donors (Lipinski definition) is 2. The molecule has 4 aromatic rings. The average Bonchev–Trinajstić information content (AvgIpc) is 2.92. The molecule has 2 aromatic heterocycles. The number of rotatable bonds is 2. The number of aromatic amines is 1. The van der Waals surface area contributed by atoms with E-state index >= 15 is 0 Å². The molecule has 0 spiro atoms. The van der Waals surface area contributed by atoms with Crippen LogP contribution in [-0.2, 0) is 11.0 Å². The van der Waals surface area contributed by atoms with E-state index in [4.69, 9.17) is 21.2 Å². The molecule has 0 radical (unpaired) electrons. The number of pyridine rings is 1. The van der Waals surface area contributed by atoms with Gasteiger partial charge in [0.2, 0.25) is 5.56 Å². The summed E-state index contributed by atoms with van der Waals surface area (Å²) in [4.78, 5) is 15.4. The molecule has 0 saturated heterocycles. The molecule has 2 aromatic carbocycles. The normalized spacial score (nSPS) is 12.8. The van der Waals surface area contributed by atoms with Crippen molar-refractivity contribution in [1.82, 2.24) is 4.98 Å². The van der Waals surface area contributed by atoms with Gasteiger partial charge in [-0.15, -0.1) is 0 Å². The summed E-state index contributed by atoms with van der Waals surface area (Å²) in [5.74, 6) is 0. The molecule has 0 aliphatic carbocycles. The van der Waals surface area contributed by atoms with E-state index in [9.17, 15) is 9.00 Å². The maximum Gasteiger partial charge on any atom is 0.249 e. The molecule has 7 heteroatoms. The van der Waals surface area contributed by atoms with Gasteiger partial charge in [-0.2, -0.15) is 0 Å². The number of nitrogens with one attached hydrogen (secondary N) is 1. The van der Waals surface area contributed by atoms with Crippen LogP contribution in [0.3, 0.4) is 0 Å². The molecule has 0 saturated carbocycles. The van der Waals surface area contributed by atoms with Crippen molar-refractivity contribution in [2.45, 2.75) is 4.90 Å². The van der Waals surface area contributed by atoms with E-state index in [0.717, 1.165) is 5.39 Å². The molecule has 120 valence electrons. The molecule has 0 aliphatic heterocycles. The van der Waals surface area contributed by atoms with Gasteiger partial charge in [-0.25, -0.2) is 9.35 Å². The van der Waals surface area contributed by atoms with Crippen LogP contribution in [0.25, 0.3) is 33.2 Å². The Morgan fingerprint density at radius 1 is 1.12 bits per heavy atom. The fourth-order valence-corrected chi connectivity index (χ4v) is 3.37. The molecule has 0 aliphatic rings. The van der Waals surface area contributed by atoms with Crippen LogP contribution in [0, 0.1) is 0 Å². The number of aromatic nitrogens is 1. The minimum absolute atomic E-state index is 0.264. The van der Waals surface area contributed by atoms with Crippen molar-refractivity contribution in [1.29, 1.82) is 0 Å². The van der Waals surface area contributed by atoms with E-state index in [0.29, 0.717) is 37.7 Å². The molecule has 3 N–H and O–H groups in total. The number of H-pyrrole nitrogens is 1. The molecular weight excluding hydrogens is 348 g/mol. The van der Waals surface area contributed by atoms with Crippen LogP contribution in [-0.4, -0.2) is 9.19 Å². The Morgan fingerprint density at radius 3 is 2.75 bits per heavy atom. The molecule has 2 heterocycles. The van der Waals surface area contributed by atoms with Gasteiger partial charge in [-0.05, 0) is 35.9 Å². The first-order valence-electron chi connectivity index (χ1n) is 7.04. The minimum Gasteiger partial charge on any atom is -0.454 e. The van der Waals surface area contributed by atoms with Crippen molar-refractivity contribution in [3.05, 3.63) is 63.9 Å². The summed E-state index contributed by atoms with van der Waals surface area (Å²) in [5.41, 5.74) is 2.78. The predicted molar refractivity (Wildman–Crippen MR) is 95.4 cm³/mol. The molecule has 1 atom stereocenters. The zero-order valence-electron chi connectivity index (χ0n) is 12.2. The van der Waals surface area contributed by atoms with Crippen LogP contribution in [0.15, 0.2) is 62.6 Å². The lowest BCUT2D eigenvalue weighted by molar-refractivity contribution is 0.669. The van der Waals surface area contributed by atoms with Gasteiger partial charge in [0, 0.05) is 22.0 Å². The Hall–Kier alpha value is -2.41. The molecule has 24 heavy (non-hydrogen) atoms. The largest absolute Gasteiger partial charge is 0.454 e. The van der Waals surface area contributed by atoms with Crippen molar-refractivity contribution in [2.75, 3.05) is 0 Å². The Balaban J connectivity index is 2.09. The number of benzene rings is 2.